The van der Waals surface area contributed by atoms with Gasteiger partial charge in [0.15, 0.2) is 5.13 Å². The summed E-state index contributed by atoms with van der Waals surface area (Å²) in [4.78, 5) is 45.1. The van der Waals surface area contributed by atoms with E-state index in [0.29, 0.717) is 34.9 Å². The number of Topliss-reactive ketones (excluding diaryl/α,β-unsaturated/α-hetero) is 1. The molecule has 0 aliphatic carbocycles. The lowest BCUT2D eigenvalue weighted by Crippen LogP contribution is -2.29. The lowest BCUT2D eigenvalue weighted by Gasteiger charge is -2.23. The van der Waals surface area contributed by atoms with Crippen molar-refractivity contribution in [3.63, 3.8) is 0 Å². The highest BCUT2D eigenvalue weighted by Gasteiger charge is 2.48. The molecule has 10 heteroatoms. The van der Waals surface area contributed by atoms with Gasteiger partial charge in [-0.25, -0.2) is 9.78 Å². The number of rotatable bonds is 9. The van der Waals surface area contributed by atoms with Gasteiger partial charge in [-0.1, -0.05) is 48.3 Å². The van der Waals surface area contributed by atoms with Crippen LogP contribution in [0.15, 0.2) is 66.8 Å². The van der Waals surface area contributed by atoms with Crippen LogP contribution in [-0.4, -0.2) is 48.1 Å². The Balaban J connectivity index is 1.88. The third-order valence-corrected chi connectivity index (χ3v) is 6.94. The molecule has 2 heterocycles. The van der Waals surface area contributed by atoms with Gasteiger partial charge in [0.2, 0.25) is 0 Å². The summed E-state index contributed by atoms with van der Waals surface area (Å²) < 4.78 is 15.9. The molecular weight excluding hydrogens is 508 g/mol. The molecule has 1 saturated heterocycles. The minimum absolute atomic E-state index is 0.0166. The summed E-state index contributed by atoms with van der Waals surface area (Å²) in [6.07, 6.45) is 1.44. The predicted molar refractivity (Wildman–Crippen MR) is 143 cm³/mol. The van der Waals surface area contributed by atoms with Crippen molar-refractivity contribution >= 4 is 39.9 Å². The number of thiazole rings is 1. The number of esters is 1. The van der Waals surface area contributed by atoms with Crippen LogP contribution in [0.25, 0.3) is 5.76 Å². The van der Waals surface area contributed by atoms with E-state index in [2.05, 4.69) is 11.6 Å². The lowest BCUT2D eigenvalue weighted by atomic mass is 9.95. The molecule has 0 bridgehead atoms. The fraction of sp³-hybridized carbons (Fsp3) is 0.214. The van der Waals surface area contributed by atoms with Gasteiger partial charge in [-0.2, -0.15) is 0 Å². The van der Waals surface area contributed by atoms with Crippen LogP contribution >= 0.6 is 11.3 Å². The van der Waals surface area contributed by atoms with Gasteiger partial charge in [-0.15, -0.1) is 0 Å². The van der Waals surface area contributed by atoms with Crippen LogP contribution in [0.3, 0.4) is 0 Å². The highest BCUT2D eigenvalue weighted by molar-refractivity contribution is 7.17. The maximum absolute atomic E-state index is 13.4. The number of nitrogens with zero attached hydrogens (tertiary/aromatic N) is 2. The van der Waals surface area contributed by atoms with Crippen molar-refractivity contribution in [3.05, 3.63) is 88.5 Å². The van der Waals surface area contributed by atoms with Crippen LogP contribution in [0.2, 0.25) is 0 Å². The molecule has 1 atom stereocenters. The van der Waals surface area contributed by atoms with Crippen LogP contribution in [-0.2, 0) is 14.3 Å². The molecule has 0 spiro atoms. The van der Waals surface area contributed by atoms with Gasteiger partial charge in [-0.05, 0) is 43.7 Å². The van der Waals surface area contributed by atoms with Crippen molar-refractivity contribution in [1.29, 1.82) is 0 Å². The molecule has 4 rings (SSSR count). The minimum Gasteiger partial charge on any atom is -0.507 e. The Hall–Kier alpha value is -4.44. The first-order chi connectivity index (χ1) is 18.3. The van der Waals surface area contributed by atoms with Crippen molar-refractivity contribution in [2.24, 2.45) is 0 Å². The normalized spacial score (nSPS) is 16.4. The highest BCUT2D eigenvalue weighted by atomic mass is 32.1. The maximum Gasteiger partial charge on any atom is 0.350 e. The second-order valence-corrected chi connectivity index (χ2v) is 9.18. The van der Waals surface area contributed by atoms with Gasteiger partial charge in [0.05, 0.1) is 31.0 Å². The minimum atomic E-state index is -1.01. The maximum atomic E-state index is 13.4. The van der Waals surface area contributed by atoms with Crippen molar-refractivity contribution in [2.45, 2.75) is 19.9 Å². The number of aliphatic hydroxyl groups excluding tert-OH is 1. The van der Waals surface area contributed by atoms with Crippen molar-refractivity contribution in [2.75, 3.05) is 25.2 Å². The zero-order valence-electron chi connectivity index (χ0n) is 21.1. The number of hydrogen-bond donors (Lipinski definition) is 1. The van der Waals surface area contributed by atoms with Crippen LogP contribution in [0.1, 0.15) is 39.5 Å². The van der Waals surface area contributed by atoms with Crippen LogP contribution in [0, 0.1) is 6.92 Å². The summed E-state index contributed by atoms with van der Waals surface area (Å²) in [5, 5.41) is 11.4. The molecule has 1 unspecified atom stereocenters. The van der Waals surface area contributed by atoms with Gasteiger partial charge < -0.3 is 19.3 Å². The van der Waals surface area contributed by atoms with E-state index in [0.717, 1.165) is 11.3 Å². The number of ketones is 1. The third kappa shape index (κ3) is 5.03. The summed E-state index contributed by atoms with van der Waals surface area (Å²) in [6.45, 7) is 7.49. The topological polar surface area (TPSA) is 115 Å². The number of aliphatic hydroxyl groups is 1. The number of ether oxygens (including phenoxy) is 3. The second-order valence-electron chi connectivity index (χ2n) is 8.20. The van der Waals surface area contributed by atoms with Gasteiger partial charge in [0.25, 0.3) is 5.78 Å². The molecule has 0 saturated carbocycles. The van der Waals surface area contributed by atoms with Gasteiger partial charge >= 0.3 is 11.9 Å². The predicted octanol–water partition coefficient (Wildman–Crippen LogP) is 4.83. The van der Waals surface area contributed by atoms with Crippen LogP contribution < -0.4 is 14.4 Å². The number of amides is 1. The van der Waals surface area contributed by atoms with E-state index in [-0.39, 0.29) is 27.9 Å². The summed E-state index contributed by atoms with van der Waals surface area (Å²) in [5.41, 5.74) is 1.08. The Kier molecular flexibility index (Phi) is 7.92. The molecule has 3 aromatic rings. The molecular formula is C28H26N2O7S. The molecule has 38 heavy (non-hydrogen) atoms. The molecule has 1 fully saturated rings. The molecule has 1 amide bonds. The van der Waals surface area contributed by atoms with E-state index in [1.54, 1.807) is 55.5 Å². The smallest absolute Gasteiger partial charge is 0.350 e. The molecule has 9 nitrogen and oxygen atoms in total. The van der Waals surface area contributed by atoms with E-state index in [4.69, 9.17) is 14.2 Å². The average molecular weight is 535 g/mol. The number of methoxy groups -OCH3 is 1. The quantitative estimate of drug-likeness (QED) is 0.137. The van der Waals surface area contributed by atoms with E-state index in [1.165, 1.54) is 18.1 Å². The third-order valence-electron chi connectivity index (χ3n) is 5.80. The molecule has 0 radical (unpaired) electrons. The fourth-order valence-corrected chi connectivity index (χ4v) is 5.05. The molecule has 1 aliphatic heterocycles. The first kappa shape index (κ1) is 26.6. The van der Waals surface area contributed by atoms with Crippen LogP contribution in [0.5, 0.6) is 11.5 Å². The zero-order chi connectivity index (χ0) is 27.4. The first-order valence-electron chi connectivity index (χ1n) is 11.7. The van der Waals surface area contributed by atoms with Crippen molar-refractivity contribution in [1.82, 2.24) is 4.98 Å². The van der Waals surface area contributed by atoms with Gasteiger partial charge in [0, 0.05) is 5.56 Å². The van der Waals surface area contributed by atoms with Crippen molar-refractivity contribution in [3.8, 4) is 11.5 Å². The number of aryl methyl sites for hydroxylation is 1. The number of carbonyl (C=O) groups excluding carboxylic acids is 3. The first-order valence-corrected chi connectivity index (χ1v) is 12.6. The Bertz CT molecular complexity index is 1430. The van der Waals surface area contributed by atoms with E-state index < -0.39 is 23.7 Å². The molecule has 2 aromatic carbocycles. The number of hydrogen-bond acceptors (Lipinski definition) is 9. The van der Waals surface area contributed by atoms with E-state index >= 15 is 0 Å². The summed E-state index contributed by atoms with van der Waals surface area (Å²) in [7, 11) is 1.49. The molecule has 196 valence electrons. The SMILES string of the molecule is C=CCOC(=O)c1sc(N2C(=O)C(=O)C(=C(O)c3cccc(OC)c3)C2c2ccc(OCC)cc2)nc1C. The van der Waals surface area contributed by atoms with Crippen molar-refractivity contribution < 1.29 is 33.7 Å². The van der Waals surface area contributed by atoms with Gasteiger partial charge in [0.1, 0.15) is 28.7 Å². The average Bonchev–Trinajstić information content (AvgIpc) is 3.44. The zero-order valence-corrected chi connectivity index (χ0v) is 21.9. The molecule has 1 aromatic heterocycles. The summed E-state index contributed by atoms with van der Waals surface area (Å²) in [5.74, 6) is -1.65. The largest absolute Gasteiger partial charge is 0.507 e. The Morgan fingerprint density at radius 2 is 1.92 bits per heavy atom. The lowest BCUT2D eigenvalue weighted by molar-refractivity contribution is -0.132. The number of aromatic nitrogens is 1. The Morgan fingerprint density at radius 1 is 1.18 bits per heavy atom. The second kappa shape index (κ2) is 11.3. The summed E-state index contributed by atoms with van der Waals surface area (Å²) in [6, 6.07) is 12.4. The number of benzene rings is 2. The van der Waals surface area contributed by atoms with E-state index in [1.807, 2.05) is 6.92 Å². The van der Waals surface area contributed by atoms with Crippen LogP contribution in [0.4, 0.5) is 5.13 Å². The van der Waals surface area contributed by atoms with E-state index in [9.17, 15) is 19.5 Å². The fourth-order valence-electron chi connectivity index (χ4n) is 4.06. The Labute approximate surface area is 223 Å². The highest BCUT2D eigenvalue weighted by Crippen LogP contribution is 2.44. The number of anilines is 1. The van der Waals surface area contributed by atoms with Gasteiger partial charge in [-0.3, -0.25) is 14.5 Å². The summed E-state index contributed by atoms with van der Waals surface area (Å²) >= 11 is 0.930. The number of carbonyl (C=O) groups is 3. The Morgan fingerprint density at radius 3 is 2.58 bits per heavy atom. The standard InChI is InChI=1S/C28H26N2O7S/c1-5-14-37-27(34)25-16(3)29-28(38-25)30-22(17-10-12-19(13-11-17)36-6-2)21(24(32)26(30)33)23(31)18-8-7-9-20(15-18)35-4/h5,7-13,15,22,31H,1,6,14H2,2-4H3. The molecule has 1 aliphatic rings. The molecule has 1 N–H and O–H groups in total. The monoisotopic (exact) mass is 534 g/mol.